The highest BCUT2D eigenvalue weighted by atomic mass is 16.6. The van der Waals surface area contributed by atoms with Crippen LogP contribution in [0.25, 0.3) is 0 Å². The predicted molar refractivity (Wildman–Crippen MR) is 310 cm³/mol. The number of anilines is 1. The third kappa shape index (κ3) is 41.7. The SMILES string of the molecule is CC(C)(C)OC(=O)CCC(NC(=O)CCOCCOCCOCCOCCOCCOCCOCCOCCOCCOCCOCCOCCNC(=O)CNC(=O)CNC(=O)c1cc(N2C(=O)C=CC2=O)ccc1CCC(=O)O)C(=O)OC(C)(C)C. The molecule has 1 unspecified atom stereocenters. The lowest BCUT2D eigenvalue weighted by Gasteiger charge is -2.25. The van der Waals surface area contributed by atoms with Crippen LogP contribution >= 0.6 is 0 Å². The zero-order valence-electron chi connectivity index (χ0n) is 51.4. The van der Waals surface area contributed by atoms with Crippen LogP contribution in [0.3, 0.4) is 0 Å². The molecule has 1 aromatic rings. The van der Waals surface area contributed by atoms with Crippen molar-refractivity contribution >= 4 is 59.0 Å². The van der Waals surface area contributed by atoms with Gasteiger partial charge in [0.05, 0.1) is 177 Å². The monoisotopic (exact) mass is 1240 g/mol. The molecule has 0 aromatic heterocycles. The van der Waals surface area contributed by atoms with Gasteiger partial charge in [-0.1, -0.05) is 6.07 Å². The number of aryl methyl sites for hydroxylation is 1. The number of hydrogen-bond acceptors (Lipinski definition) is 23. The topological polar surface area (TPSA) is 354 Å². The van der Waals surface area contributed by atoms with Gasteiger partial charge in [-0.25, -0.2) is 9.69 Å². The molecular formula is C58H93N5O24. The smallest absolute Gasteiger partial charge is 0.329 e. The number of benzene rings is 1. The second kappa shape index (κ2) is 47.0. The Hall–Kier alpha value is -6.09. The fourth-order valence-corrected chi connectivity index (χ4v) is 7.08. The van der Waals surface area contributed by atoms with E-state index in [1.807, 2.05) is 0 Å². The Morgan fingerprint density at radius 1 is 0.471 bits per heavy atom. The highest BCUT2D eigenvalue weighted by Gasteiger charge is 2.29. The summed E-state index contributed by atoms with van der Waals surface area (Å²) in [6.07, 6.45) is 1.87. The first-order chi connectivity index (χ1) is 41.6. The van der Waals surface area contributed by atoms with Crippen LogP contribution in [-0.4, -0.2) is 254 Å². The number of nitrogens with zero attached hydrogens (tertiary/aromatic N) is 1. The Morgan fingerprint density at radius 2 is 0.862 bits per heavy atom. The average molecular weight is 1240 g/mol. The zero-order valence-corrected chi connectivity index (χ0v) is 51.4. The minimum atomic E-state index is -1.09. The van der Waals surface area contributed by atoms with Crippen LogP contribution in [0, 0.1) is 0 Å². The number of carboxylic acids is 1. The van der Waals surface area contributed by atoms with Crippen molar-refractivity contribution in [2.75, 3.05) is 183 Å². The normalized spacial score (nSPS) is 12.7. The molecule has 0 aliphatic carbocycles. The molecule has 494 valence electrons. The quantitative estimate of drug-likeness (QED) is 0.0339. The lowest BCUT2D eigenvalue weighted by atomic mass is 10.0. The largest absolute Gasteiger partial charge is 0.481 e. The number of imide groups is 1. The summed E-state index contributed by atoms with van der Waals surface area (Å²) < 4.78 is 76.6. The number of hydrogen-bond donors (Lipinski definition) is 5. The van der Waals surface area contributed by atoms with Gasteiger partial charge in [-0.05, 0) is 72.1 Å². The number of carboxylic acid groups (broad SMARTS) is 1. The first kappa shape index (κ1) is 77.0. The summed E-state index contributed by atoms with van der Waals surface area (Å²) in [7, 11) is 0. The average Bonchev–Trinajstić information content (AvgIpc) is 2.62. The molecule has 5 N–H and O–H groups in total. The van der Waals surface area contributed by atoms with Crippen LogP contribution < -0.4 is 26.2 Å². The van der Waals surface area contributed by atoms with E-state index in [9.17, 15) is 43.2 Å². The molecule has 1 heterocycles. The maximum Gasteiger partial charge on any atom is 0.329 e. The van der Waals surface area contributed by atoms with Crippen molar-refractivity contribution in [1.82, 2.24) is 21.3 Å². The van der Waals surface area contributed by atoms with E-state index in [0.717, 1.165) is 17.1 Å². The zero-order chi connectivity index (χ0) is 64.0. The molecule has 29 nitrogen and oxygen atoms in total. The van der Waals surface area contributed by atoms with Crippen molar-refractivity contribution in [3.63, 3.8) is 0 Å². The fourth-order valence-electron chi connectivity index (χ4n) is 7.08. The molecule has 1 aliphatic heterocycles. The summed E-state index contributed by atoms with van der Waals surface area (Å²) in [4.78, 5) is 111. The van der Waals surface area contributed by atoms with Gasteiger partial charge in [0.2, 0.25) is 17.7 Å². The van der Waals surface area contributed by atoms with E-state index in [0.29, 0.717) is 138 Å². The van der Waals surface area contributed by atoms with Crippen LogP contribution in [-0.2, 0) is 111 Å². The first-order valence-corrected chi connectivity index (χ1v) is 29.0. The van der Waals surface area contributed by atoms with Crippen LogP contribution in [0.4, 0.5) is 5.69 Å². The van der Waals surface area contributed by atoms with Gasteiger partial charge >= 0.3 is 17.9 Å². The standard InChI is InChI=1S/C58H93N5O24/c1-57(2,3)86-54(71)14-10-47(56(73)87-58(4,5)6)62-48(64)15-17-74-19-21-76-23-25-78-27-29-80-31-33-82-35-37-84-39-40-85-38-36-83-34-32-81-30-28-79-26-24-77-22-20-75-18-16-59-49(65)42-60-50(66)43-61-55(72)46-41-45(63-51(67)11-12-52(63)68)9-7-44(46)8-13-53(69)70/h7,9,11-12,41,47H,8,10,13-40,42-43H2,1-6H3,(H,59,65)(H,60,66)(H,61,72)(H,62,64)(H,69,70). The number of rotatable bonds is 53. The molecule has 1 aromatic carbocycles. The van der Waals surface area contributed by atoms with Gasteiger partial charge in [-0.3, -0.25) is 38.4 Å². The summed E-state index contributed by atoms with van der Waals surface area (Å²) in [5.41, 5.74) is -0.991. The molecule has 0 radical (unpaired) electrons. The first-order valence-electron chi connectivity index (χ1n) is 29.0. The molecule has 1 aliphatic rings. The number of nitrogens with one attached hydrogen (secondary N) is 4. The molecule has 1 atom stereocenters. The Balaban J connectivity index is 1.28. The number of carbonyl (C=O) groups excluding carboxylic acids is 8. The number of amides is 6. The van der Waals surface area contributed by atoms with Gasteiger partial charge in [0.1, 0.15) is 17.2 Å². The van der Waals surface area contributed by atoms with E-state index in [1.165, 1.54) is 18.2 Å². The lowest BCUT2D eigenvalue weighted by Crippen LogP contribution is -2.44. The van der Waals surface area contributed by atoms with Gasteiger partial charge < -0.3 is 92.7 Å². The van der Waals surface area contributed by atoms with Gasteiger partial charge in [-0.2, -0.15) is 0 Å². The Morgan fingerprint density at radius 3 is 1.28 bits per heavy atom. The number of esters is 2. The number of carbonyl (C=O) groups is 9. The van der Waals surface area contributed by atoms with Crippen molar-refractivity contribution in [2.45, 2.75) is 90.9 Å². The van der Waals surface area contributed by atoms with Gasteiger partial charge in [0.15, 0.2) is 0 Å². The maximum absolute atomic E-state index is 13.0. The fraction of sp³-hybridized carbons (Fsp3) is 0.707. The van der Waals surface area contributed by atoms with Gasteiger partial charge in [0, 0.05) is 43.5 Å². The van der Waals surface area contributed by atoms with Crippen LogP contribution in [0.15, 0.2) is 30.4 Å². The second-order valence-electron chi connectivity index (χ2n) is 20.8. The molecule has 6 amide bonds. The van der Waals surface area contributed by atoms with E-state index < -0.39 is 77.1 Å². The summed E-state index contributed by atoms with van der Waals surface area (Å²) in [5.74, 6) is -5.69. The van der Waals surface area contributed by atoms with Crippen molar-refractivity contribution in [3.8, 4) is 0 Å². The highest BCUT2D eigenvalue weighted by Crippen LogP contribution is 2.24. The van der Waals surface area contributed by atoms with E-state index in [1.54, 1.807) is 41.5 Å². The molecule has 2 rings (SSSR count). The maximum atomic E-state index is 13.0. The van der Waals surface area contributed by atoms with Crippen LogP contribution in [0.5, 0.6) is 0 Å². The van der Waals surface area contributed by atoms with Crippen molar-refractivity contribution in [1.29, 1.82) is 0 Å². The molecule has 29 heteroatoms. The third-order valence-corrected chi connectivity index (χ3v) is 11.1. The Labute approximate surface area is 509 Å². The van der Waals surface area contributed by atoms with E-state index in [4.69, 9.17) is 71.4 Å². The summed E-state index contributed by atoms with van der Waals surface area (Å²) in [5, 5.41) is 19.1. The van der Waals surface area contributed by atoms with E-state index in [-0.39, 0.29) is 82.9 Å². The van der Waals surface area contributed by atoms with Crippen molar-refractivity contribution in [3.05, 3.63) is 41.5 Å². The molecular weight excluding hydrogens is 1150 g/mol. The van der Waals surface area contributed by atoms with Gasteiger partial charge in [-0.15, -0.1) is 0 Å². The molecule has 0 saturated carbocycles. The Kier molecular flexibility index (Phi) is 41.6. The minimum absolute atomic E-state index is 0.0111. The molecule has 0 fully saturated rings. The third-order valence-electron chi connectivity index (χ3n) is 11.1. The van der Waals surface area contributed by atoms with Crippen LogP contribution in [0.1, 0.15) is 83.1 Å². The van der Waals surface area contributed by atoms with E-state index in [2.05, 4.69) is 21.3 Å². The van der Waals surface area contributed by atoms with Gasteiger partial charge in [0.25, 0.3) is 17.7 Å². The van der Waals surface area contributed by atoms with Crippen LogP contribution in [0.2, 0.25) is 0 Å². The lowest BCUT2D eigenvalue weighted by molar-refractivity contribution is -0.160. The predicted octanol–water partition coefficient (Wildman–Crippen LogP) is 0.633. The van der Waals surface area contributed by atoms with E-state index >= 15 is 0 Å². The Bertz CT molecular complexity index is 2200. The number of aliphatic carboxylic acids is 1. The second-order valence-corrected chi connectivity index (χ2v) is 20.8. The molecule has 0 bridgehead atoms. The highest BCUT2D eigenvalue weighted by molar-refractivity contribution is 6.28. The number of ether oxygens (including phenoxy) is 14. The van der Waals surface area contributed by atoms with Crippen molar-refractivity contribution in [2.24, 2.45) is 0 Å². The minimum Gasteiger partial charge on any atom is -0.481 e. The summed E-state index contributed by atoms with van der Waals surface area (Å²) in [6, 6.07) is 3.15. The molecule has 0 spiro atoms. The summed E-state index contributed by atoms with van der Waals surface area (Å²) in [6.45, 7) is 18.5. The molecule has 0 saturated heterocycles. The summed E-state index contributed by atoms with van der Waals surface area (Å²) >= 11 is 0. The van der Waals surface area contributed by atoms with Crippen molar-refractivity contribution < 1.29 is 115 Å². The molecule has 87 heavy (non-hydrogen) atoms.